The highest BCUT2D eigenvalue weighted by molar-refractivity contribution is 7.89. The molecule has 0 unspecified atom stereocenters. The van der Waals surface area contributed by atoms with Gasteiger partial charge in [-0.2, -0.15) is 14.3 Å². The minimum Gasteiger partial charge on any atom is -0.550 e. The standard InChI is InChI=1S/C28H43N7O6S/c1-6-7-15-41-26-31-24(29)23-25(32-26)35(27(38)30-23)14-9-8-13-34(19-28(2,3)18-33(4)5)42(39,40)21-12-10-11-20(16-21)17-22(36)37/h10-12,16H,6-9,13-15,17-19H2,1-5H3,(H,30,38)(H,36,37)(H2,29,31,32)/p-1. The largest absolute Gasteiger partial charge is 0.550 e. The molecule has 0 aliphatic carbocycles. The van der Waals surface area contributed by atoms with E-state index in [-0.39, 0.29) is 48.2 Å². The number of benzene rings is 1. The number of aromatic nitrogens is 4. The number of carbonyl (C=O) groups is 1. The van der Waals surface area contributed by atoms with Crippen LogP contribution in [0.25, 0.3) is 11.2 Å². The van der Waals surface area contributed by atoms with Gasteiger partial charge in [0, 0.05) is 38.6 Å². The maximum atomic E-state index is 13.8. The van der Waals surface area contributed by atoms with E-state index in [1.165, 1.54) is 27.1 Å². The molecule has 0 amide bonds. The molecule has 0 radical (unpaired) electrons. The summed E-state index contributed by atoms with van der Waals surface area (Å²) in [6.45, 7) is 7.83. The zero-order chi connectivity index (χ0) is 31.1. The van der Waals surface area contributed by atoms with Gasteiger partial charge in [-0.1, -0.05) is 39.3 Å². The zero-order valence-corrected chi connectivity index (χ0v) is 25.9. The molecule has 3 aromatic rings. The molecule has 0 fully saturated rings. The van der Waals surface area contributed by atoms with Gasteiger partial charge in [0.15, 0.2) is 11.5 Å². The van der Waals surface area contributed by atoms with Crippen molar-refractivity contribution in [3.63, 3.8) is 0 Å². The lowest BCUT2D eigenvalue weighted by atomic mass is 9.93. The number of anilines is 1. The Morgan fingerprint density at radius 1 is 1.17 bits per heavy atom. The summed E-state index contributed by atoms with van der Waals surface area (Å²) < 4.78 is 36.1. The molecule has 0 aliphatic heterocycles. The summed E-state index contributed by atoms with van der Waals surface area (Å²) >= 11 is 0. The number of nitrogens with one attached hydrogen (secondary N) is 1. The van der Waals surface area contributed by atoms with Gasteiger partial charge in [-0.25, -0.2) is 13.2 Å². The number of carbonyl (C=O) groups excluding carboxylic acids is 1. The van der Waals surface area contributed by atoms with E-state index in [2.05, 4.69) is 15.0 Å². The van der Waals surface area contributed by atoms with Gasteiger partial charge in [-0.15, -0.1) is 0 Å². The van der Waals surface area contributed by atoms with Crippen molar-refractivity contribution in [3.05, 3.63) is 40.3 Å². The molecule has 2 heterocycles. The van der Waals surface area contributed by atoms with Crippen molar-refractivity contribution >= 4 is 33.0 Å². The molecule has 0 atom stereocenters. The molecular formula is C28H42N7O6S-. The second-order valence-electron chi connectivity index (χ2n) is 11.5. The van der Waals surface area contributed by atoms with Crippen LogP contribution in [0.15, 0.2) is 34.0 Å². The summed E-state index contributed by atoms with van der Waals surface area (Å²) in [5, 5.41) is 11.1. The van der Waals surface area contributed by atoms with E-state index in [9.17, 15) is 23.1 Å². The number of aliphatic carboxylic acids is 1. The summed E-state index contributed by atoms with van der Waals surface area (Å²) in [7, 11) is -0.0946. The van der Waals surface area contributed by atoms with Gasteiger partial charge in [0.2, 0.25) is 10.0 Å². The molecule has 13 nitrogen and oxygen atoms in total. The summed E-state index contributed by atoms with van der Waals surface area (Å²) in [6, 6.07) is 6.04. The molecule has 3 rings (SSSR count). The first-order valence-electron chi connectivity index (χ1n) is 14.1. The number of nitrogens with two attached hydrogens (primary N) is 1. The lowest BCUT2D eigenvalue weighted by molar-refractivity contribution is -0.304. The van der Waals surface area contributed by atoms with E-state index >= 15 is 0 Å². The number of ether oxygens (including phenoxy) is 1. The third-order valence-electron chi connectivity index (χ3n) is 6.63. The van der Waals surface area contributed by atoms with Crippen LogP contribution >= 0.6 is 0 Å². The first kappa shape index (κ1) is 33.0. The monoisotopic (exact) mass is 604 g/mol. The summed E-state index contributed by atoms with van der Waals surface area (Å²) in [6.07, 6.45) is 2.32. The Bertz CT molecular complexity index is 1530. The second-order valence-corrected chi connectivity index (χ2v) is 13.5. The number of imidazole rings is 1. The Balaban J connectivity index is 1.81. The van der Waals surface area contributed by atoms with Crippen LogP contribution in [0.3, 0.4) is 0 Å². The molecule has 2 aromatic heterocycles. The number of H-pyrrole nitrogens is 1. The van der Waals surface area contributed by atoms with Crippen molar-refractivity contribution in [1.29, 1.82) is 0 Å². The van der Waals surface area contributed by atoms with Crippen LogP contribution < -0.4 is 21.3 Å². The average Bonchev–Trinajstić information content (AvgIpc) is 3.20. The van der Waals surface area contributed by atoms with E-state index in [0.29, 0.717) is 42.7 Å². The second kappa shape index (κ2) is 14.1. The molecule has 14 heteroatoms. The number of hydrogen-bond acceptors (Lipinski definition) is 10. The summed E-state index contributed by atoms with van der Waals surface area (Å²) in [5.74, 6) is -1.17. The van der Waals surface area contributed by atoms with Gasteiger partial charge in [0.05, 0.1) is 11.5 Å². The highest BCUT2D eigenvalue weighted by Gasteiger charge is 2.31. The quantitative estimate of drug-likeness (QED) is 0.213. The Labute approximate surface area is 246 Å². The number of fused-ring (bicyclic) bond motifs is 1. The van der Waals surface area contributed by atoms with Gasteiger partial charge >= 0.3 is 11.7 Å². The zero-order valence-electron chi connectivity index (χ0n) is 25.1. The highest BCUT2D eigenvalue weighted by Crippen LogP contribution is 2.25. The third kappa shape index (κ3) is 8.76. The Morgan fingerprint density at radius 2 is 1.90 bits per heavy atom. The Morgan fingerprint density at radius 3 is 2.57 bits per heavy atom. The van der Waals surface area contributed by atoms with Crippen LogP contribution in [-0.2, 0) is 27.8 Å². The molecule has 1 aromatic carbocycles. The van der Waals surface area contributed by atoms with Crippen molar-refractivity contribution in [2.24, 2.45) is 5.41 Å². The number of nitrogens with zero attached hydrogens (tertiary/aromatic N) is 5. The van der Waals surface area contributed by atoms with Crippen LogP contribution in [0.5, 0.6) is 6.01 Å². The molecule has 42 heavy (non-hydrogen) atoms. The van der Waals surface area contributed by atoms with Crippen LogP contribution in [-0.4, -0.2) is 83.4 Å². The minimum absolute atomic E-state index is 0.0255. The maximum absolute atomic E-state index is 13.8. The lowest BCUT2D eigenvalue weighted by Crippen LogP contribution is -2.43. The van der Waals surface area contributed by atoms with E-state index in [4.69, 9.17) is 10.5 Å². The number of hydrogen-bond donors (Lipinski definition) is 2. The fourth-order valence-corrected chi connectivity index (χ4v) is 6.71. The Kier molecular flexibility index (Phi) is 11.1. The lowest BCUT2D eigenvalue weighted by Gasteiger charge is -2.34. The predicted molar refractivity (Wildman–Crippen MR) is 158 cm³/mol. The number of sulfonamides is 1. The molecular weight excluding hydrogens is 562 g/mol. The fraction of sp³-hybridized carbons (Fsp3) is 0.571. The smallest absolute Gasteiger partial charge is 0.327 e. The normalized spacial score (nSPS) is 12.5. The molecule has 0 bridgehead atoms. The van der Waals surface area contributed by atoms with Gasteiger partial charge in [-0.05, 0) is 56.5 Å². The van der Waals surface area contributed by atoms with E-state index in [1.807, 2.05) is 39.8 Å². The van der Waals surface area contributed by atoms with E-state index in [0.717, 1.165) is 12.8 Å². The van der Waals surface area contributed by atoms with Crippen molar-refractivity contribution in [2.75, 3.05) is 46.1 Å². The number of carboxylic acids is 1. The first-order chi connectivity index (χ1) is 19.7. The minimum atomic E-state index is -3.95. The summed E-state index contributed by atoms with van der Waals surface area (Å²) in [4.78, 5) is 37.1. The topological polar surface area (TPSA) is 180 Å². The number of nitrogen functional groups attached to an aromatic ring is 1. The molecule has 0 spiro atoms. The first-order valence-corrected chi connectivity index (χ1v) is 15.5. The number of carboxylic acid groups (broad SMARTS) is 1. The van der Waals surface area contributed by atoms with Crippen LogP contribution in [0.1, 0.15) is 52.0 Å². The van der Waals surface area contributed by atoms with E-state index < -0.39 is 21.7 Å². The Hall–Kier alpha value is -3.49. The third-order valence-corrected chi connectivity index (χ3v) is 8.47. The highest BCUT2D eigenvalue weighted by atomic mass is 32.2. The van der Waals surface area contributed by atoms with Gasteiger partial charge in [-0.3, -0.25) is 4.57 Å². The molecule has 0 aliphatic rings. The number of aryl methyl sites for hydroxylation is 1. The van der Waals surface area contributed by atoms with Crippen molar-refractivity contribution in [1.82, 2.24) is 28.7 Å². The van der Waals surface area contributed by atoms with Crippen LogP contribution in [0, 0.1) is 5.41 Å². The predicted octanol–water partition coefficient (Wildman–Crippen LogP) is 1.23. The molecule has 232 valence electrons. The number of aromatic amines is 1. The van der Waals surface area contributed by atoms with Crippen molar-refractivity contribution in [3.8, 4) is 6.01 Å². The van der Waals surface area contributed by atoms with Crippen LogP contribution in [0.4, 0.5) is 5.82 Å². The summed E-state index contributed by atoms with van der Waals surface area (Å²) in [5.41, 5.74) is 6.28. The molecule has 3 N–H and O–H groups in total. The molecule has 0 saturated heterocycles. The maximum Gasteiger partial charge on any atom is 0.327 e. The SMILES string of the molecule is CCCCOc1nc(N)c2[nH]c(=O)n(CCCCN(CC(C)(C)CN(C)C)S(=O)(=O)c3cccc(CC(=O)[O-])c3)c2n1. The number of unbranched alkanes of at least 4 members (excludes halogenated alkanes) is 2. The fourth-order valence-electron chi connectivity index (χ4n) is 4.97. The molecule has 0 saturated carbocycles. The van der Waals surface area contributed by atoms with Gasteiger partial charge in [0.25, 0.3) is 0 Å². The van der Waals surface area contributed by atoms with Crippen molar-refractivity contribution < 1.29 is 23.1 Å². The van der Waals surface area contributed by atoms with Gasteiger partial charge < -0.3 is 30.3 Å². The van der Waals surface area contributed by atoms with Crippen LogP contribution in [0.2, 0.25) is 0 Å². The van der Waals surface area contributed by atoms with Crippen molar-refractivity contribution in [2.45, 2.75) is 64.3 Å². The average molecular weight is 605 g/mol. The van der Waals surface area contributed by atoms with Gasteiger partial charge in [0.1, 0.15) is 5.52 Å². The van der Waals surface area contributed by atoms with E-state index in [1.54, 1.807) is 6.07 Å². The number of rotatable bonds is 17.